The normalized spacial score (nSPS) is 12.2. The summed E-state index contributed by atoms with van der Waals surface area (Å²) in [6.45, 7) is 4.00. The van der Waals surface area contributed by atoms with E-state index in [4.69, 9.17) is 21.1 Å². The van der Waals surface area contributed by atoms with E-state index in [0.29, 0.717) is 28.8 Å². The molecule has 0 fully saturated rings. The number of carbonyl (C=O) groups is 1. The predicted octanol–water partition coefficient (Wildman–Crippen LogP) is 3.93. The molecular weight excluding hydrogens is 416 g/mol. The minimum Gasteiger partial charge on any atom is -0.495 e. The molecule has 0 saturated heterocycles. The lowest BCUT2D eigenvalue weighted by Gasteiger charge is -2.31. The van der Waals surface area contributed by atoms with E-state index in [1.54, 1.807) is 43.3 Å². The Bertz CT molecular complexity index is 965. The van der Waals surface area contributed by atoms with Gasteiger partial charge in [-0.1, -0.05) is 30.7 Å². The largest absolute Gasteiger partial charge is 0.495 e. The lowest BCUT2D eigenvalue weighted by atomic mass is 10.1. The van der Waals surface area contributed by atoms with Gasteiger partial charge in [0.15, 0.2) is 0 Å². The van der Waals surface area contributed by atoms with Gasteiger partial charge in [0.2, 0.25) is 15.9 Å². The predicted molar refractivity (Wildman–Crippen MR) is 116 cm³/mol. The lowest BCUT2D eigenvalue weighted by Crippen LogP contribution is -2.47. The van der Waals surface area contributed by atoms with Crippen molar-refractivity contribution in [3.05, 3.63) is 47.5 Å². The highest BCUT2D eigenvalue weighted by molar-refractivity contribution is 7.92. The molecule has 1 N–H and O–H groups in total. The summed E-state index contributed by atoms with van der Waals surface area (Å²) in [5, 5.41) is 3.10. The third kappa shape index (κ3) is 5.55. The number of halogens is 1. The first-order valence-corrected chi connectivity index (χ1v) is 11.3. The number of amides is 1. The second-order valence-electron chi connectivity index (χ2n) is 6.22. The standard InChI is InChI=1S/C20H25ClN2O5S/c1-5-16(20(24)22-15-9-7-8-10-18(15)28-6-2)23(29(4,25)26)17-13-14(21)11-12-19(17)27-3/h7-13,16H,5-6H2,1-4H3,(H,22,24). The highest BCUT2D eigenvalue weighted by Gasteiger charge is 2.34. The van der Waals surface area contributed by atoms with Gasteiger partial charge in [0.25, 0.3) is 0 Å². The highest BCUT2D eigenvalue weighted by atomic mass is 35.5. The van der Waals surface area contributed by atoms with Crippen molar-refractivity contribution in [2.24, 2.45) is 0 Å². The SMILES string of the molecule is CCOc1ccccc1NC(=O)C(CC)N(c1cc(Cl)ccc1OC)S(C)(=O)=O. The first-order valence-electron chi connectivity index (χ1n) is 9.08. The van der Waals surface area contributed by atoms with Gasteiger partial charge in [0.05, 0.1) is 31.3 Å². The van der Waals surface area contributed by atoms with Gasteiger partial charge in [-0.05, 0) is 43.7 Å². The van der Waals surface area contributed by atoms with E-state index in [1.165, 1.54) is 13.2 Å². The summed E-state index contributed by atoms with van der Waals surface area (Å²) in [5.74, 6) is 0.303. The molecule has 0 heterocycles. The maximum absolute atomic E-state index is 13.1. The van der Waals surface area contributed by atoms with Crippen LogP contribution in [0.3, 0.4) is 0 Å². The van der Waals surface area contributed by atoms with Gasteiger partial charge >= 0.3 is 0 Å². The third-order valence-electron chi connectivity index (χ3n) is 4.15. The van der Waals surface area contributed by atoms with Crippen LogP contribution in [0.5, 0.6) is 11.5 Å². The fraction of sp³-hybridized carbons (Fsp3) is 0.350. The number of para-hydroxylation sites is 2. The van der Waals surface area contributed by atoms with E-state index in [0.717, 1.165) is 10.6 Å². The van der Waals surface area contributed by atoms with Gasteiger partial charge in [-0.2, -0.15) is 0 Å². The van der Waals surface area contributed by atoms with E-state index in [2.05, 4.69) is 5.32 Å². The second kappa shape index (κ2) is 9.84. The van der Waals surface area contributed by atoms with Crippen molar-refractivity contribution in [3.63, 3.8) is 0 Å². The van der Waals surface area contributed by atoms with E-state index in [9.17, 15) is 13.2 Å². The Kier molecular flexibility index (Phi) is 7.75. The molecule has 9 heteroatoms. The Morgan fingerprint density at radius 2 is 1.86 bits per heavy atom. The summed E-state index contributed by atoms with van der Waals surface area (Å²) in [6, 6.07) is 10.6. The van der Waals surface area contributed by atoms with Gasteiger partial charge in [0, 0.05) is 5.02 Å². The maximum atomic E-state index is 13.1. The van der Waals surface area contributed by atoms with Gasteiger partial charge in [-0.3, -0.25) is 9.10 Å². The van der Waals surface area contributed by atoms with Crippen LogP contribution in [-0.2, 0) is 14.8 Å². The van der Waals surface area contributed by atoms with Crippen molar-refractivity contribution < 1.29 is 22.7 Å². The molecule has 0 saturated carbocycles. The molecule has 2 rings (SSSR count). The van der Waals surface area contributed by atoms with E-state index < -0.39 is 22.0 Å². The molecule has 1 atom stereocenters. The number of rotatable bonds is 9. The first kappa shape index (κ1) is 22.8. The molecule has 1 unspecified atom stereocenters. The summed E-state index contributed by atoms with van der Waals surface area (Å²) in [7, 11) is -2.41. The van der Waals surface area contributed by atoms with Crippen LogP contribution in [0.1, 0.15) is 20.3 Å². The van der Waals surface area contributed by atoms with Crippen molar-refractivity contribution in [3.8, 4) is 11.5 Å². The average Bonchev–Trinajstić information content (AvgIpc) is 2.66. The Morgan fingerprint density at radius 3 is 2.45 bits per heavy atom. The number of benzene rings is 2. The van der Waals surface area contributed by atoms with Crippen molar-refractivity contribution in [1.29, 1.82) is 0 Å². The van der Waals surface area contributed by atoms with Crippen molar-refractivity contribution in [2.75, 3.05) is 29.6 Å². The molecule has 158 valence electrons. The van der Waals surface area contributed by atoms with Crippen molar-refractivity contribution in [1.82, 2.24) is 0 Å². The molecule has 2 aromatic carbocycles. The Hall–Kier alpha value is -2.45. The molecular formula is C20H25ClN2O5S. The fourth-order valence-corrected chi connectivity index (χ4v) is 4.31. The minimum absolute atomic E-state index is 0.197. The zero-order valence-corrected chi connectivity index (χ0v) is 18.4. The molecule has 7 nitrogen and oxygen atoms in total. The number of nitrogens with one attached hydrogen (secondary N) is 1. The number of carbonyl (C=O) groups excluding carboxylic acids is 1. The van der Waals surface area contributed by atoms with Crippen LogP contribution in [0.4, 0.5) is 11.4 Å². The first-order chi connectivity index (χ1) is 13.7. The zero-order chi connectivity index (χ0) is 21.6. The number of hydrogen-bond donors (Lipinski definition) is 1. The minimum atomic E-state index is -3.83. The Balaban J connectivity index is 2.48. The van der Waals surface area contributed by atoms with Crippen LogP contribution in [0.15, 0.2) is 42.5 Å². The lowest BCUT2D eigenvalue weighted by molar-refractivity contribution is -0.117. The molecule has 0 aliphatic heterocycles. The van der Waals surface area contributed by atoms with E-state index >= 15 is 0 Å². The van der Waals surface area contributed by atoms with Crippen LogP contribution in [-0.4, -0.2) is 40.3 Å². The fourth-order valence-electron chi connectivity index (χ4n) is 2.94. The molecule has 0 aliphatic carbocycles. The number of sulfonamides is 1. The number of hydrogen-bond acceptors (Lipinski definition) is 5. The molecule has 0 radical (unpaired) electrons. The summed E-state index contributed by atoms with van der Waals surface area (Å²) in [5.41, 5.74) is 0.659. The van der Waals surface area contributed by atoms with Gasteiger partial charge in [-0.15, -0.1) is 0 Å². The van der Waals surface area contributed by atoms with Gasteiger partial charge in [-0.25, -0.2) is 8.42 Å². The average molecular weight is 441 g/mol. The number of nitrogens with zero attached hydrogens (tertiary/aromatic N) is 1. The summed E-state index contributed by atoms with van der Waals surface area (Å²) in [6.07, 6.45) is 1.27. The summed E-state index contributed by atoms with van der Waals surface area (Å²) >= 11 is 6.09. The van der Waals surface area contributed by atoms with Crippen LogP contribution >= 0.6 is 11.6 Å². The molecule has 0 aliphatic rings. The Morgan fingerprint density at radius 1 is 1.17 bits per heavy atom. The van der Waals surface area contributed by atoms with Crippen molar-refractivity contribution >= 4 is 38.9 Å². The Labute approximate surface area is 176 Å². The number of methoxy groups -OCH3 is 1. The van der Waals surface area contributed by atoms with Gasteiger partial charge in [0.1, 0.15) is 17.5 Å². The molecule has 0 spiro atoms. The van der Waals surface area contributed by atoms with E-state index in [1.807, 2.05) is 6.92 Å². The van der Waals surface area contributed by atoms with Gasteiger partial charge < -0.3 is 14.8 Å². The second-order valence-corrected chi connectivity index (χ2v) is 8.51. The molecule has 2 aromatic rings. The highest BCUT2D eigenvalue weighted by Crippen LogP contribution is 2.35. The smallest absolute Gasteiger partial charge is 0.248 e. The quantitative estimate of drug-likeness (QED) is 0.638. The van der Waals surface area contributed by atoms with Crippen LogP contribution in [0.2, 0.25) is 5.02 Å². The van der Waals surface area contributed by atoms with Crippen LogP contribution < -0.4 is 19.1 Å². The molecule has 29 heavy (non-hydrogen) atoms. The summed E-state index contributed by atoms with van der Waals surface area (Å²) in [4.78, 5) is 13.1. The topological polar surface area (TPSA) is 84.9 Å². The summed E-state index contributed by atoms with van der Waals surface area (Å²) < 4.78 is 37.2. The number of ether oxygens (including phenoxy) is 2. The molecule has 0 bridgehead atoms. The maximum Gasteiger partial charge on any atom is 0.248 e. The van der Waals surface area contributed by atoms with Crippen molar-refractivity contribution in [2.45, 2.75) is 26.3 Å². The van der Waals surface area contributed by atoms with E-state index in [-0.39, 0.29) is 12.1 Å². The monoisotopic (exact) mass is 440 g/mol. The zero-order valence-electron chi connectivity index (χ0n) is 16.8. The van der Waals surface area contributed by atoms with Crippen LogP contribution in [0, 0.1) is 0 Å². The molecule has 1 amide bonds. The van der Waals surface area contributed by atoms with Crippen LogP contribution in [0.25, 0.3) is 0 Å². The number of anilines is 2. The third-order valence-corrected chi connectivity index (χ3v) is 5.55. The molecule has 0 aromatic heterocycles.